The van der Waals surface area contributed by atoms with E-state index in [1.54, 1.807) is 0 Å². The predicted molar refractivity (Wildman–Crippen MR) is 88.7 cm³/mol. The SMILES string of the molecule is CCCNc1c(C(C)C)c(C)nc2c(CC)cccc12. The average molecular weight is 270 g/mol. The van der Waals surface area contributed by atoms with E-state index in [-0.39, 0.29) is 0 Å². The Morgan fingerprint density at radius 3 is 2.55 bits per heavy atom. The summed E-state index contributed by atoms with van der Waals surface area (Å²) < 4.78 is 0. The lowest BCUT2D eigenvalue weighted by atomic mass is 9.95. The van der Waals surface area contributed by atoms with Gasteiger partial charge in [0.1, 0.15) is 0 Å². The van der Waals surface area contributed by atoms with Gasteiger partial charge in [0.05, 0.1) is 5.52 Å². The molecule has 2 nitrogen and oxygen atoms in total. The quantitative estimate of drug-likeness (QED) is 0.822. The summed E-state index contributed by atoms with van der Waals surface area (Å²) in [6.07, 6.45) is 2.16. The summed E-state index contributed by atoms with van der Waals surface area (Å²) in [5.41, 5.74) is 6.31. The lowest BCUT2D eigenvalue weighted by Crippen LogP contribution is -2.08. The van der Waals surface area contributed by atoms with E-state index in [9.17, 15) is 0 Å². The highest BCUT2D eigenvalue weighted by molar-refractivity contribution is 5.95. The van der Waals surface area contributed by atoms with Crippen molar-refractivity contribution in [3.63, 3.8) is 0 Å². The molecule has 2 aromatic rings. The summed E-state index contributed by atoms with van der Waals surface area (Å²) in [6, 6.07) is 6.54. The highest BCUT2D eigenvalue weighted by atomic mass is 14.9. The van der Waals surface area contributed by atoms with Crippen LogP contribution < -0.4 is 5.32 Å². The van der Waals surface area contributed by atoms with Gasteiger partial charge in [-0.15, -0.1) is 0 Å². The zero-order chi connectivity index (χ0) is 14.7. The molecule has 0 unspecified atom stereocenters. The van der Waals surface area contributed by atoms with Gasteiger partial charge in [-0.1, -0.05) is 45.9 Å². The molecule has 0 aliphatic rings. The van der Waals surface area contributed by atoms with Gasteiger partial charge in [0, 0.05) is 23.3 Å². The monoisotopic (exact) mass is 270 g/mol. The van der Waals surface area contributed by atoms with Gasteiger partial charge in [-0.2, -0.15) is 0 Å². The number of para-hydroxylation sites is 1. The molecular formula is C18H26N2. The maximum absolute atomic E-state index is 4.90. The van der Waals surface area contributed by atoms with Crippen molar-refractivity contribution in [2.24, 2.45) is 0 Å². The fourth-order valence-electron chi connectivity index (χ4n) is 2.91. The standard InChI is InChI=1S/C18H26N2/c1-6-11-19-18-15-10-8-9-14(7-2)17(15)20-13(5)16(18)12(3)4/h8-10,12H,6-7,11H2,1-5H3,(H,19,20). The Kier molecular flexibility index (Phi) is 4.64. The fraction of sp³-hybridized carbons (Fsp3) is 0.500. The second-order valence-corrected chi connectivity index (χ2v) is 5.73. The summed E-state index contributed by atoms with van der Waals surface area (Å²) >= 11 is 0. The van der Waals surface area contributed by atoms with E-state index in [4.69, 9.17) is 4.98 Å². The molecule has 0 saturated carbocycles. The minimum absolute atomic E-state index is 0.483. The number of anilines is 1. The van der Waals surface area contributed by atoms with Gasteiger partial charge in [0.2, 0.25) is 0 Å². The lowest BCUT2D eigenvalue weighted by Gasteiger charge is -2.20. The number of nitrogens with one attached hydrogen (secondary N) is 1. The van der Waals surface area contributed by atoms with E-state index in [0.29, 0.717) is 5.92 Å². The number of aryl methyl sites for hydroxylation is 2. The fourth-order valence-corrected chi connectivity index (χ4v) is 2.91. The number of pyridine rings is 1. The molecule has 0 saturated heterocycles. The van der Waals surface area contributed by atoms with E-state index in [0.717, 1.165) is 30.6 Å². The molecule has 1 aromatic carbocycles. The Labute approximate surface area is 122 Å². The van der Waals surface area contributed by atoms with Crippen molar-refractivity contribution in [2.75, 3.05) is 11.9 Å². The number of hydrogen-bond donors (Lipinski definition) is 1. The number of benzene rings is 1. The Hall–Kier alpha value is -1.57. The zero-order valence-electron chi connectivity index (χ0n) is 13.4. The van der Waals surface area contributed by atoms with Crippen LogP contribution >= 0.6 is 0 Å². The molecule has 0 spiro atoms. The Morgan fingerprint density at radius 2 is 1.95 bits per heavy atom. The van der Waals surface area contributed by atoms with E-state index < -0.39 is 0 Å². The van der Waals surface area contributed by atoms with Crippen molar-refractivity contribution in [3.8, 4) is 0 Å². The van der Waals surface area contributed by atoms with E-state index >= 15 is 0 Å². The zero-order valence-corrected chi connectivity index (χ0v) is 13.4. The Balaban J connectivity index is 2.75. The van der Waals surface area contributed by atoms with E-state index in [1.165, 1.54) is 22.2 Å². The van der Waals surface area contributed by atoms with Crippen LogP contribution in [0.3, 0.4) is 0 Å². The van der Waals surface area contributed by atoms with Crippen LogP contribution in [0.15, 0.2) is 18.2 Å². The number of aromatic nitrogens is 1. The molecule has 0 bridgehead atoms. The summed E-state index contributed by atoms with van der Waals surface area (Å²) in [7, 11) is 0. The van der Waals surface area contributed by atoms with Crippen LogP contribution in [0.1, 0.15) is 56.9 Å². The molecule has 0 aliphatic carbocycles. The molecule has 2 heteroatoms. The normalized spacial score (nSPS) is 11.3. The van der Waals surface area contributed by atoms with Crippen LogP contribution in [0.5, 0.6) is 0 Å². The Morgan fingerprint density at radius 1 is 1.20 bits per heavy atom. The highest BCUT2D eigenvalue weighted by Gasteiger charge is 2.16. The summed E-state index contributed by atoms with van der Waals surface area (Å²) in [4.78, 5) is 4.90. The van der Waals surface area contributed by atoms with Gasteiger partial charge in [-0.05, 0) is 36.8 Å². The topological polar surface area (TPSA) is 24.9 Å². The van der Waals surface area contributed by atoms with E-state index in [2.05, 4.69) is 58.1 Å². The lowest BCUT2D eigenvalue weighted by molar-refractivity contribution is 0.844. The van der Waals surface area contributed by atoms with Crippen LogP contribution in [-0.2, 0) is 6.42 Å². The molecule has 0 radical (unpaired) electrons. The molecule has 20 heavy (non-hydrogen) atoms. The van der Waals surface area contributed by atoms with Gasteiger partial charge >= 0.3 is 0 Å². The smallest absolute Gasteiger partial charge is 0.0758 e. The number of nitrogens with zero attached hydrogens (tertiary/aromatic N) is 1. The predicted octanol–water partition coefficient (Wildman–Crippen LogP) is 5.05. The molecule has 1 heterocycles. The third-order valence-corrected chi connectivity index (χ3v) is 3.84. The summed E-state index contributed by atoms with van der Waals surface area (Å²) in [5, 5.41) is 4.91. The van der Waals surface area contributed by atoms with Crippen LogP contribution in [0, 0.1) is 6.92 Å². The molecule has 1 aromatic heterocycles. The highest BCUT2D eigenvalue weighted by Crippen LogP contribution is 2.34. The number of fused-ring (bicyclic) bond motifs is 1. The maximum Gasteiger partial charge on any atom is 0.0758 e. The first-order valence-corrected chi connectivity index (χ1v) is 7.76. The van der Waals surface area contributed by atoms with Gasteiger partial charge < -0.3 is 5.32 Å². The van der Waals surface area contributed by atoms with Crippen LogP contribution in [0.25, 0.3) is 10.9 Å². The third-order valence-electron chi connectivity index (χ3n) is 3.84. The minimum atomic E-state index is 0.483. The van der Waals surface area contributed by atoms with Crippen LogP contribution in [0.4, 0.5) is 5.69 Å². The van der Waals surface area contributed by atoms with Gasteiger partial charge in [0.15, 0.2) is 0 Å². The van der Waals surface area contributed by atoms with Crippen molar-refractivity contribution in [2.45, 2.75) is 53.4 Å². The summed E-state index contributed by atoms with van der Waals surface area (Å²) in [5.74, 6) is 0.483. The number of hydrogen-bond acceptors (Lipinski definition) is 2. The van der Waals surface area contributed by atoms with Crippen molar-refractivity contribution in [1.29, 1.82) is 0 Å². The largest absolute Gasteiger partial charge is 0.384 e. The van der Waals surface area contributed by atoms with Gasteiger partial charge in [-0.3, -0.25) is 4.98 Å². The molecule has 0 aliphatic heterocycles. The van der Waals surface area contributed by atoms with Crippen molar-refractivity contribution < 1.29 is 0 Å². The summed E-state index contributed by atoms with van der Waals surface area (Å²) in [6.45, 7) is 12.0. The van der Waals surface area contributed by atoms with E-state index in [1.807, 2.05) is 0 Å². The van der Waals surface area contributed by atoms with Gasteiger partial charge in [0.25, 0.3) is 0 Å². The first-order valence-electron chi connectivity index (χ1n) is 7.76. The van der Waals surface area contributed by atoms with Gasteiger partial charge in [-0.25, -0.2) is 0 Å². The second kappa shape index (κ2) is 6.25. The first-order chi connectivity index (χ1) is 9.60. The van der Waals surface area contributed by atoms with Crippen LogP contribution in [-0.4, -0.2) is 11.5 Å². The first kappa shape index (κ1) is 14.8. The van der Waals surface area contributed by atoms with Crippen molar-refractivity contribution in [1.82, 2.24) is 4.98 Å². The molecule has 108 valence electrons. The Bertz CT molecular complexity index is 600. The van der Waals surface area contributed by atoms with Crippen molar-refractivity contribution in [3.05, 3.63) is 35.0 Å². The average Bonchev–Trinajstić information content (AvgIpc) is 2.43. The minimum Gasteiger partial charge on any atom is -0.384 e. The third kappa shape index (κ3) is 2.65. The molecule has 2 rings (SSSR count). The van der Waals surface area contributed by atoms with Crippen molar-refractivity contribution >= 4 is 16.6 Å². The maximum atomic E-state index is 4.90. The van der Waals surface area contributed by atoms with Crippen LogP contribution in [0.2, 0.25) is 0 Å². The second-order valence-electron chi connectivity index (χ2n) is 5.73. The molecular weight excluding hydrogens is 244 g/mol. The molecule has 0 atom stereocenters. The molecule has 0 fully saturated rings. The number of rotatable bonds is 5. The molecule has 1 N–H and O–H groups in total. The molecule has 0 amide bonds.